The van der Waals surface area contributed by atoms with Crippen molar-refractivity contribution in [2.24, 2.45) is 5.73 Å². The molecule has 0 aliphatic heterocycles. The van der Waals surface area contributed by atoms with Gasteiger partial charge in [-0.2, -0.15) is 0 Å². The summed E-state index contributed by atoms with van der Waals surface area (Å²) in [6.07, 6.45) is 0.188. The van der Waals surface area contributed by atoms with Crippen molar-refractivity contribution in [1.29, 1.82) is 0 Å². The van der Waals surface area contributed by atoms with Crippen LogP contribution in [0.2, 0.25) is 0 Å². The Morgan fingerprint density at radius 1 is 1.42 bits per heavy atom. The summed E-state index contributed by atoms with van der Waals surface area (Å²) >= 11 is 1.40. The summed E-state index contributed by atoms with van der Waals surface area (Å²) in [5, 5.41) is 11.3. The van der Waals surface area contributed by atoms with E-state index in [4.69, 9.17) is 5.73 Å². The highest BCUT2D eigenvalue weighted by Gasteiger charge is 2.39. The summed E-state index contributed by atoms with van der Waals surface area (Å²) in [6, 6.07) is 5.40. The largest absolute Gasteiger partial charge is 0.481 e. The van der Waals surface area contributed by atoms with Crippen LogP contribution in [-0.4, -0.2) is 22.6 Å². The van der Waals surface area contributed by atoms with Crippen molar-refractivity contribution in [3.8, 4) is 0 Å². The van der Waals surface area contributed by atoms with Crippen molar-refractivity contribution < 1.29 is 14.3 Å². The second kappa shape index (κ2) is 5.46. The van der Waals surface area contributed by atoms with E-state index in [1.165, 1.54) is 35.6 Å². The molecular weight excluding hydrogens is 267 g/mol. The molecule has 0 saturated heterocycles. The minimum absolute atomic E-state index is 0.0779. The Balaban J connectivity index is 2.44. The summed E-state index contributed by atoms with van der Waals surface area (Å²) in [5.41, 5.74) is 7.21. The Hall–Kier alpha value is -1.79. The van der Waals surface area contributed by atoms with Crippen molar-refractivity contribution in [3.05, 3.63) is 52.2 Å². The smallest absolute Gasteiger partial charge is 0.315 e. The third-order valence-corrected chi connectivity index (χ3v) is 3.76. The number of thiazole rings is 1. The quantitative estimate of drug-likeness (QED) is 0.875. The average Bonchev–Trinajstić information content (AvgIpc) is 2.89. The molecule has 1 heterocycles. The fourth-order valence-electron chi connectivity index (χ4n) is 1.98. The van der Waals surface area contributed by atoms with E-state index in [9.17, 15) is 14.3 Å². The maximum absolute atomic E-state index is 13.0. The SMILES string of the molecule is NCC(Cc1cscn1)(C(=O)O)c1ccc(F)cc1. The van der Waals surface area contributed by atoms with Crippen LogP contribution in [0.1, 0.15) is 11.3 Å². The molecule has 4 nitrogen and oxygen atoms in total. The average molecular weight is 280 g/mol. The molecule has 0 fully saturated rings. The van der Waals surface area contributed by atoms with Crippen molar-refractivity contribution in [2.75, 3.05) is 6.54 Å². The molecule has 1 atom stereocenters. The Labute approximate surface area is 113 Å². The Kier molecular flexibility index (Phi) is 3.92. The zero-order valence-corrected chi connectivity index (χ0v) is 10.9. The molecule has 0 bridgehead atoms. The van der Waals surface area contributed by atoms with E-state index < -0.39 is 17.2 Å². The number of carboxylic acids is 1. The minimum atomic E-state index is -1.28. The van der Waals surface area contributed by atoms with Crippen LogP contribution in [-0.2, 0) is 16.6 Å². The molecule has 0 saturated carbocycles. The third-order valence-electron chi connectivity index (χ3n) is 3.12. The van der Waals surface area contributed by atoms with Crippen molar-refractivity contribution >= 4 is 17.3 Å². The lowest BCUT2D eigenvalue weighted by molar-refractivity contribution is -0.143. The van der Waals surface area contributed by atoms with Gasteiger partial charge in [-0.15, -0.1) is 11.3 Å². The maximum atomic E-state index is 13.0. The van der Waals surface area contributed by atoms with E-state index in [1.54, 1.807) is 10.9 Å². The monoisotopic (exact) mass is 280 g/mol. The first-order valence-electron chi connectivity index (χ1n) is 5.65. The summed E-state index contributed by atoms with van der Waals surface area (Å²) in [6.45, 7) is -0.0779. The van der Waals surface area contributed by atoms with Gasteiger partial charge in [0.25, 0.3) is 0 Å². The zero-order chi connectivity index (χ0) is 13.9. The van der Waals surface area contributed by atoms with E-state index in [-0.39, 0.29) is 13.0 Å². The number of carboxylic acid groups (broad SMARTS) is 1. The lowest BCUT2D eigenvalue weighted by Crippen LogP contribution is -2.45. The van der Waals surface area contributed by atoms with E-state index in [0.717, 1.165) is 0 Å². The van der Waals surface area contributed by atoms with Gasteiger partial charge in [0.1, 0.15) is 11.2 Å². The summed E-state index contributed by atoms with van der Waals surface area (Å²) < 4.78 is 13.0. The number of nitrogens with two attached hydrogens (primary N) is 1. The topological polar surface area (TPSA) is 76.2 Å². The summed E-state index contributed by atoms with van der Waals surface area (Å²) in [4.78, 5) is 15.8. The molecule has 6 heteroatoms. The van der Waals surface area contributed by atoms with E-state index >= 15 is 0 Å². The molecule has 0 radical (unpaired) electrons. The number of rotatable bonds is 5. The van der Waals surface area contributed by atoms with Crippen LogP contribution in [0.3, 0.4) is 0 Å². The van der Waals surface area contributed by atoms with Crippen molar-refractivity contribution in [3.63, 3.8) is 0 Å². The highest BCUT2D eigenvalue weighted by atomic mass is 32.1. The van der Waals surface area contributed by atoms with Crippen LogP contribution in [0.15, 0.2) is 35.2 Å². The van der Waals surface area contributed by atoms with E-state index in [2.05, 4.69) is 4.98 Å². The van der Waals surface area contributed by atoms with Crippen molar-refractivity contribution in [1.82, 2.24) is 4.98 Å². The van der Waals surface area contributed by atoms with Crippen LogP contribution in [0, 0.1) is 5.82 Å². The second-order valence-electron chi connectivity index (χ2n) is 4.25. The van der Waals surface area contributed by atoms with Gasteiger partial charge in [-0.1, -0.05) is 12.1 Å². The molecule has 0 aliphatic rings. The lowest BCUT2D eigenvalue weighted by Gasteiger charge is -2.27. The number of benzene rings is 1. The van der Waals surface area contributed by atoms with Gasteiger partial charge in [0.05, 0.1) is 11.2 Å². The first-order valence-corrected chi connectivity index (χ1v) is 6.59. The Morgan fingerprint density at radius 2 is 2.11 bits per heavy atom. The maximum Gasteiger partial charge on any atom is 0.315 e. The van der Waals surface area contributed by atoms with Crippen LogP contribution in [0.4, 0.5) is 4.39 Å². The highest BCUT2D eigenvalue weighted by molar-refractivity contribution is 7.07. The van der Waals surface area contributed by atoms with Crippen molar-refractivity contribution in [2.45, 2.75) is 11.8 Å². The van der Waals surface area contributed by atoms with Gasteiger partial charge in [0, 0.05) is 18.3 Å². The Morgan fingerprint density at radius 3 is 2.58 bits per heavy atom. The third kappa shape index (κ3) is 2.64. The zero-order valence-electron chi connectivity index (χ0n) is 10.0. The first-order chi connectivity index (χ1) is 9.08. The van der Waals surface area contributed by atoms with Gasteiger partial charge >= 0.3 is 5.97 Å². The highest BCUT2D eigenvalue weighted by Crippen LogP contribution is 2.28. The number of aromatic nitrogens is 1. The predicted octanol–water partition coefficient (Wildman–Crippen LogP) is 1.81. The molecule has 0 spiro atoms. The van der Waals surface area contributed by atoms with Gasteiger partial charge < -0.3 is 10.8 Å². The molecule has 19 heavy (non-hydrogen) atoms. The lowest BCUT2D eigenvalue weighted by atomic mass is 9.77. The molecular formula is C13H13FN2O2S. The number of hydrogen-bond donors (Lipinski definition) is 2. The number of aliphatic carboxylic acids is 1. The first kappa shape index (κ1) is 13.6. The van der Waals surface area contributed by atoms with Crippen LogP contribution < -0.4 is 5.73 Å². The fraction of sp³-hybridized carbons (Fsp3) is 0.231. The summed E-state index contributed by atoms with van der Waals surface area (Å²) in [7, 11) is 0. The van der Waals surface area contributed by atoms with E-state index in [0.29, 0.717) is 11.3 Å². The van der Waals surface area contributed by atoms with Gasteiger partial charge in [0.2, 0.25) is 0 Å². The van der Waals surface area contributed by atoms with E-state index in [1.807, 2.05) is 0 Å². The molecule has 1 aromatic carbocycles. The fourth-order valence-corrected chi connectivity index (χ4v) is 2.54. The molecule has 1 unspecified atom stereocenters. The standard InChI is InChI=1S/C13H13FN2O2S/c14-10-3-1-9(2-4-10)13(7-15,12(17)18)5-11-6-19-8-16-11/h1-4,6,8H,5,7,15H2,(H,17,18). The minimum Gasteiger partial charge on any atom is -0.481 e. The van der Waals surface area contributed by atoms with Crippen LogP contribution in [0.5, 0.6) is 0 Å². The Bertz CT molecular complexity index is 557. The number of hydrogen-bond acceptors (Lipinski definition) is 4. The van der Waals surface area contributed by atoms with Crippen LogP contribution >= 0.6 is 11.3 Å². The normalized spacial score (nSPS) is 14.0. The number of carbonyl (C=O) groups is 1. The van der Waals surface area contributed by atoms with Crippen LogP contribution in [0.25, 0.3) is 0 Å². The van der Waals surface area contributed by atoms with Gasteiger partial charge in [-0.3, -0.25) is 4.79 Å². The van der Waals surface area contributed by atoms with Gasteiger partial charge in [-0.25, -0.2) is 9.37 Å². The molecule has 2 rings (SSSR count). The second-order valence-corrected chi connectivity index (χ2v) is 4.97. The molecule has 0 aliphatic carbocycles. The molecule has 100 valence electrons. The van der Waals surface area contributed by atoms with Gasteiger partial charge in [0.15, 0.2) is 0 Å². The predicted molar refractivity (Wildman–Crippen MR) is 70.6 cm³/mol. The number of halogens is 1. The molecule has 3 N–H and O–H groups in total. The summed E-state index contributed by atoms with van der Waals surface area (Å²) in [5.74, 6) is -1.44. The molecule has 1 aromatic heterocycles. The molecule has 0 amide bonds. The number of nitrogens with zero attached hydrogens (tertiary/aromatic N) is 1. The van der Waals surface area contributed by atoms with Gasteiger partial charge in [-0.05, 0) is 17.7 Å². The molecule has 2 aromatic rings.